The highest BCUT2D eigenvalue weighted by molar-refractivity contribution is 9.10. The molecule has 0 fully saturated rings. The maximum absolute atomic E-state index is 11.5. The molecule has 8 heteroatoms. The number of nitrogens with two attached hydrogens (primary N) is 1. The minimum absolute atomic E-state index is 0.229. The molecule has 0 saturated carbocycles. The van der Waals surface area contributed by atoms with E-state index >= 15 is 0 Å². The third kappa shape index (κ3) is 3.23. The van der Waals surface area contributed by atoms with Crippen molar-refractivity contribution in [2.24, 2.45) is 12.8 Å². The lowest BCUT2D eigenvalue weighted by Gasteiger charge is -2.08. The van der Waals surface area contributed by atoms with Crippen LogP contribution in [0.15, 0.2) is 15.5 Å². The number of amides is 2. The van der Waals surface area contributed by atoms with Crippen LogP contribution in [0.2, 0.25) is 0 Å². The molecule has 0 unspecified atom stereocenters. The van der Waals surface area contributed by atoms with Crippen molar-refractivity contribution in [1.29, 1.82) is 0 Å². The van der Waals surface area contributed by atoms with Crippen molar-refractivity contribution >= 4 is 27.6 Å². The number of halogens is 1. The Hall–Kier alpha value is -1.57. The van der Waals surface area contributed by atoms with Crippen LogP contribution in [-0.4, -0.2) is 28.9 Å². The highest BCUT2D eigenvalue weighted by Crippen LogP contribution is 2.14. The Bertz CT molecular complexity index is 445. The third-order valence-corrected chi connectivity index (χ3v) is 2.58. The number of nitrogens with one attached hydrogen (secondary N) is 2. The molecule has 0 saturated heterocycles. The summed E-state index contributed by atoms with van der Waals surface area (Å²) in [5.41, 5.74) is 5.24. The maximum Gasteiger partial charge on any atom is 0.312 e. The molecule has 1 heterocycles. The fraction of sp³-hybridized carbons (Fsp3) is 0.375. The SMILES string of the molecule is Cn1ncc(NCCNC(N)=O)c(Br)c1=O. The van der Waals surface area contributed by atoms with Crippen molar-refractivity contribution in [2.45, 2.75) is 0 Å². The molecule has 7 nitrogen and oxygen atoms in total. The summed E-state index contributed by atoms with van der Waals surface area (Å²) in [6, 6.07) is -0.581. The van der Waals surface area contributed by atoms with E-state index in [-0.39, 0.29) is 5.56 Å². The number of hydrogen-bond donors (Lipinski definition) is 3. The Kier molecular flexibility index (Phi) is 4.29. The highest BCUT2D eigenvalue weighted by Gasteiger charge is 2.05. The smallest absolute Gasteiger partial charge is 0.312 e. The second-order valence-electron chi connectivity index (χ2n) is 3.02. The van der Waals surface area contributed by atoms with Gasteiger partial charge in [0.1, 0.15) is 4.47 Å². The number of primary amides is 1. The van der Waals surface area contributed by atoms with E-state index in [1.165, 1.54) is 10.9 Å². The van der Waals surface area contributed by atoms with E-state index in [9.17, 15) is 9.59 Å². The predicted octanol–water partition coefficient (Wildman–Crippen LogP) is -0.377. The van der Waals surface area contributed by atoms with Gasteiger partial charge in [0.25, 0.3) is 5.56 Å². The molecule has 0 aromatic carbocycles. The highest BCUT2D eigenvalue weighted by atomic mass is 79.9. The molecule has 0 aliphatic carbocycles. The lowest BCUT2D eigenvalue weighted by atomic mass is 10.4. The molecule has 88 valence electrons. The molecule has 0 atom stereocenters. The first-order valence-electron chi connectivity index (χ1n) is 4.51. The van der Waals surface area contributed by atoms with Crippen LogP contribution in [-0.2, 0) is 7.05 Å². The Morgan fingerprint density at radius 3 is 2.94 bits per heavy atom. The number of carbonyl (C=O) groups is 1. The summed E-state index contributed by atoms with van der Waals surface area (Å²) in [5.74, 6) is 0. The number of rotatable bonds is 4. The van der Waals surface area contributed by atoms with Crippen LogP contribution in [0.5, 0.6) is 0 Å². The van der Waals surface area contributed by atoms with Gasteiger partial charge in [0, 0.05) is 20.1 Å². The van der Waals surface area contributed by atoms with Crippen molar-refractivity contribution in [3.63, 3.8) is 0 Å². The van der Waals surface area contributed by atoms with E-state index in [0.717, 1.165) is 0 Å². The molecule has 4 N–H and O–H groups in total. The van der Waals surface area contributed by atoms with Crippen LogP contribution in [0.4, 0.5) is 10.5 Å². The molecule has 0 spiro atoms. The zero-order valence-electron chi connectivity index (χ0n) is 8.66. The molecule has 1 rings (SSSR count). The average Bonchev–Trinajstić information content (AvgIpc) is 2.23. The summed E-state index contributed by atoms with van der Waals surface area (Å²) >= 11 is 3.16. The van der Waals surface area contributed by atoms with E-state index < -0.39 is 6.03 Å². The van der Waals surface area contributed by atoms with Gasteiger partial charge in [-0.05, 0) is 15.9 Å². The van der Waals surface area contributed by atoms with Gasteiger partial charge in [0.15, 0.2) is 0 Å². The molecule has 0 aliphatic heterocycles. The van der Waals surface area contributed by atoms with Gasteiger partial charge in [-0.3, -0.25) is 4.79 Å². The van der Waals surface area contributed by atoms with Crippen molar-refractivity contribution in [2.75, 3.05) is 18.4 Å². The first-order valence-corrected chi connectivity index (χ1v) is 5.30. The number of hydrogen-bond acceptors (Lipinski definition) is 4. The van der Waals surface area contributed by atoms with Gasteiger partial charge in [-0.25, -0.2) is 9.48 Å². The van der Waals surface area contributed by atoms with Crippen LogP contribution in [0.25, 0.3) is 0 Å². The zero-order valence-corrected chi connectivity index (χ0v) is 10.2. The molecule has 0 aliphatic rings. The van der Waals surface area contributed by atoms with Gasteiger partial charge >= 0.3 is 6.03 Å². The summed E-state index contributed by atoms with van der Waals surface area (Å²) in [6.07, 6.45) is 1.52. The first-order chi connectivity index (χ1) is 7.52. The van der Waals surface area contributed by atoms with Gasteiger partial charge in [0.2, 0.25) is 0 Å². The summed E-state index contributed by atoms with van der Waals surface area (Å²) < 4.78 is 1.63. The molecular weight excluding hydrogens is 278 g/mol. The predicted molar refractivity (Wildman–Crippen MR) is 63.3 cm³/mol. The second kappa shape index (κ2) is 5.50. The Morgan fingerprint density at radius 2 is 2.31 bits per heavy atom. The topological polar surface area (TPSA) is 102 Å². The van der Waals surface area contributed by atoms with E-state index in [1.807, 2.05) is 0 Å². The van der Waals surface area contributed by atoms with E-state index in [0.29, 0.717) is 23.2 Å². The lowest BCUT2D eigenvalue weighted by Crippen LogP contribution is -2.33. The molecule has 2 amide bonds. The number of carbonyl (C=O) groups excluding carboxylic acids is 1. The van der Waals surface area contributed by atoms with Gasteiger partial charge in [-0.15, -0.1) is 0 Å². The van der Waals surface area contributed by atoms with Gasteiger partial charge in [-0.1, -0.05) is 0 Å². The zero-order chi connectivity index (χ0) is 12.1. The lowest BCUT2D eigenvalue weighted by molar-refractivity contribution is 0.249. The Morgan fingerprint density at radius 1 is 1.62 bits per heavy atom. The van der Waals surface area contributed by atoms with Gasteiger partial charge in [0.05, 0.1) is 11.9 Å². The minimum atomic E-state index is -0.581. The Balaban J connectivity index is 2.58. The number of aryl methyl sites for hydroxylation is 1. The number of aromatic nitrogens is 2. The number of urea groups is 1. The van der Waals surface area contributed by atoms with Gasteiger partial charge < -0.3 is 16.4 Å². The fourth-order valence-corrected chi connectivity index (χ4v) is 1.52. The first kappa shape index (κ1) is 12.5. The molecule has 0 radical (unpaired) electrons. The second-order valence-corrected chi connectivity index (χ2v) is 3.81. The normalized spacial score (nSPS) is 9.88. The number of nitrogens with zero attached hydrogens (tertiary/aromatic N) is 2. The standard InChI is InChI=1S/C8H12BrN5O2/c1-14-7(15)6(9)5(4-13-14)11-2-3-12-8(10)16/h4,11H,2-3H2,1H3,(H3,10,12,16). The molecule has 1 aromatic rings. The Labute approximate surface area is 100 Å². The maximum atomic E-state index is 11.5. The van der Waals surface area contributed by atoms with Crippen LogP contribution in [0, 0.1) is 0 Å². The van der Waals surface area contributed by atoms with Crippen LogP contribution in [0.1, 0.15) is 0 Å². The summed E-state index contributed by atoms with van der Waals surface area (Å²) in [4.78, 5) is 21.8. The van der Waals surface area contributed by atoms with Crippen molar-refractivity contribution in [1.82, 2.24) is 15.1 Å². The number of anilines is 1. The molecule has 1 aromatic heterocycles. The minimum Gasteiger partial charge on any atom is -0.381 e. The van der Waals surface area contributed by atoms with Crippen molar-refractivity contribution in [3.8, 4) is 0 Å². The van der Waals surface area contributed by atoms with Crippen LogP contribution >= 0.6 is 15.9 Å². The quantitative estimate of drug-likeness (QED) is 0.658. The van der Waals surface area contributed by atoms with E-state index in [2.05, 4.69) is 31.7 Å². The molecular formula is C8H12BrN5O2. The molecule has 16 heavy (non-hydrogen) atoms. The van der Waals surface area contributed by atoms with E-state index in [1.54, 1.807) is 7.05 Å². The van der Waals surface area contributed by atoms with Crippen LogP contribution < -0.4 is 21.9 Å². The monoisotopic (exact) mass is 289 g/mol. The molecule has 0 bridgehead atoms. The third-order valence-electron chi connectivity index (χ3n) is 1.82. The van der Waals surface area contributed by atoms with Crippen LogP contribution in [0.3, 0.4) is 0 Å². The van der Waals surface area contributed by atoms with Gasteiger partial charge in [-0.2, -0.15) is 5.10 Å². The average molecular weight is 290 g/mol. The summed E-state index contributed by atoms with van der Waals surface area (Å²) in [7, 11) is 1.56. The summed E-state index contributed by atoms with van der Waals surface area (Å²) in [6.45, 7) is 0.827. The van der Waals surface area contributed by atoms with E-state index in [4.69, 9.17) is 5.73 Å². The fourth-order valence-electron chi connectivity index (χ4n) is 1.02. The van der Waals surface area contributed by atoms with Crippen molar-refractivity contribution < 1.29 is 4.79 Å². The summed E-state index contributed by atoms with van der Waals surface area (Å²) in [5, 5.41) is 9.21. The van der Waals surface area contributed by atoms with Crippen molar-refractivity contribution in [3.05, 3.63) is 21.0 Å². The largest absolute Gasteiger partial charge is 0.381 e.